The van der Waals surface area contributed by atoms with E-state index in [2.05, 4.69) is 4.40 Å². The van der Waals surface area contributed by atoms with Crippen LogP contribution in [0.5, 0.6) is 0 Å². The van der Waals surface area contributed by atoms with Crippen molar-refractivity contribution in [1.29, 1.82) is 0 Å². The van der Waals surface area contributed by atoms with Gasteiger partial charge in [0.1, 0.15) is 5.84 Å². The van der Waals surface area contributed by atoms with Crippen LogP contribution in [-0.4, -0.2) is 65.9 Å². The van der Waals surface area contributed by atoms with E-state index in [1.54, 1.807) is 28.2 Å². The lowest BCUT2D eigenvalue weighted by Crippen LogP contribution is -2.45. The second-order valence-electron chi connectivity index (χ2n) is 6.43. The number of aliphatic carboxylic acids is 1. The van der Waals surface area contributed by atoms with E-state index in [0.717, 1.165) is 19.3 Å². The zero-order chi connectivity index (χ0) is 18.0. The second kappa shape index (κ2) is 6.99. The van der Waals surface area contributed by atoms with Crippen molar-refractivity contribution in [3.05, 3.63) is 23.9 Å². The van der Waals surface area contributed by atoms with Crippen LogP contribution in [0.15, 0.2) is 28.3 Å². The maximum Gasteiger partial charge on any atom is 0.303 e. The third-order valence-electron chi connectivity index (χ3n) is 4.65. The maximum atomic E-state index is 12.9. The largest absolute Gasteiger partial charge is 0.481 e. The summed E-state index contributed by atoms with van der Waals surface area (Å²) >= 11 is 0. The van der Waals surface area contributed by atoms with Crippen molar-refractivity contribution < 1.29 is 23.1 Å². The first-order valence-electron chi connectivity index (χ1n) is 8.38. The Bertz CT molecular complexity index is 769. The molecular weight excluding hydrogens is 346 g/mol. The SMILES string of the molecule is O=C(O)CCC1CCCCN1C(=O)C1=CN2CCS(=O)(=O)N=C2C=C1. The number of carboxylic acid groups (broad SMARTS) is 1. The average Bonchev–Trinajstić information content (AvgIpc) is 2.58. The van der Waals surface area contributed by atoms with Gasteiger partial charge in [-0.2, -0.15) is 0 Å². The number of hydrogen-bond donors (Lipinski definition) is 1. The first-order chi connectivity index (χ1) is 11.9. The minimum Gasteiger partial charge on any atom is -0.481 e. The normalized spacial score (nSPS) is 25.0. The monoisotopic (exact) mass is 367 g/mol. The van der Waals surface area contributed by atoms with E-state index >= 15 is 0 Å². The first kappa shape index (κ1) is 17.7. The molecule has 0 aliphatic carbocycles. The van der Waals surface area contributed by atoms with Crippen LogP contribution in [0.3, 0.4) is 0 Å². The number of likely N-dealkylation sites (tertiary alicyclic amines) is 1. The van der Waals surface area contributed by atoms with Gasteiger partial charge in [-0.25, -0.2) is 8.42 Å². The van der Waals surface area contributed by atoms with Gasteiger partial charge in [-0.1, -0.05) is 0 Å². The highest BCUT2D eigenvalue weighted by Gasteiger charge is 2.31. The summed E-state index contributed by atoms with van der Waals surface area (Å²) < 4.78 is 26.8. The standard InChI is InChI=1S/C16H21N3O5S/c20-15(21)7-5-13-3-1-2-8-19(13)16(22)12-4-6-14-17-25(23,24)10-9-18(14)11-12/h4,6,11,13H,1-3,5,7-10H2,(H,20,21). The number of hydrogen-bond acceptors (Lipinski definition) is 5. The predicted molar refractivity (Wildman–Crippen MR) is 91.4 cm³/mol. The van der Waals surface area contributed by atoms with Crippen LogP contribution in [0, 0.1) is 0 Å². The average molecular weight is 367 g/mol. The van der Waals surface area contributed by atoms with Gasteiger partial charge < -0.3 is 14.9 Å². The number of carbonyl (C=O) groups is 2. The van der Waals surface area contributed by atoms with Gasteiger partial charge in [0.2, 0.25) is 0 Å². The third-order valence-corrected chi connectivity index (χ3v) is 5.81. The van der Waals surface area contributed by atoms with Crippen LogP contribution in [0.2, 0.25) is 0 Å². The van der Waals surface area contributed by atoms with Gasteiger partial charge >= 0.3 is 5.97 Å². The molecule has 1 unspecified atom stereocenters. The molecule has 9 heteroatoms. The molecule has 0 saturated carbocycles. The fourth-order valence-electron chi connectivity index (χ4n) is 3.35. The number of sulfonamides is 1. The molecule has 3 rings (SSSR count). The Kier molecular flexibility index (Phi) is 4.94. The van der Waals surface area contributed by atoms with E-state index in [0.29, 0.717) is 24.4 Å². The van der Waals surface area contributed by atoms with Crippen LogP contribution < -0.4 is 0 Å². The van der Waals surface area contributed by atoms with Gasteiger partial charge in [0.05, 0.1) is 11.3 Å². The molecule has 8 nitrogen and oxygen atoms in total. The van der Waals surface area contributed by atoms with E-state index in [4.69, 9.17) is 5.11 Å². The number of carboxylic acids is 1. The number of rotatable bonds is 4. The fourth-order valence-corrected chi connectivity index (χ4v) is 4.32. The molecule has 0 aromatic rings. The molecule has 0 bridgehead atoms. The number of nitrogens with zero attached hydrogens (tertiary/aromatic N) is 3. The Morgan fingerprint density at radius 3 is 2.80 bits per heavy atom. The molecule has 1 saturated heterocycles. The maximum absolute atomic E-state index is 12.9. The van der Waals surface area contributed by atoms with Gasteiger partial charge in [-0.15, -0.1) is 4.40 Å². The van der Waals surface area contributed by atoms with Crippen LogP contribution in [0.25, 0.3) is 0 Å². The highest BCUT2D eigenvalue weighted by atomic mass is 32.2. The minimum atomic E-state index is -3.42. The molecule has 136 valence electrons. The molecule has 3 heterocycles. The Balaban J connectivity index is 1.75. The number of amides is 1. The lowest BCUT2D eigenvalue weighted by atomic mass is 9.96. The van der Waals surface area contributed by atoms with Gasteiger partial charge in [0.15, 0.2) is 0 Å². The minimum absolute atomic E-state index is 0.0458. The molecule has 0 aromatic heterocycles. The topological polar surface area (TPSA) is 107 Å². The number of amidine groups is 1. The predicted octanol–water partition coefficient (Wildman–Crippen LogP) is 0.730. The van der Waals surface area contributed by atoms with Gasteiger partial charge in [0.25, 0.3) is 15.9 Å². The zero-order valence-corrected chi connectivity index (χ0v) is 14.6. The van der Waals surface area contributed by atoms with Crippen molar-refractivity contribution in [3.63, 3.8) is 0 Å². The molecule has 3 aliphatic heterocycles. The molecular formula is C16H21N3O5S. The van der Waals surface area contributed by atoms with Crippen molar-refractivity contribution in [3.8, 4) is 0 Å². The molecule has 0 aromatic carbocycles. The van der Waals surface area contributed by atoms with Gasteiger partial charge in [0, 0.05) is 31.8 Å². The second-order valence-corrected chi connectivity index (χ2v) is 8.18. The van der Waals surface area contributed by atoms with Crippen molar-refractivity contribution in [2.45, 2.75) is 38.1 Å². The van der Waals surface area contributed by atoms with E-state index < -0.39 is 16.0 Å². The van der Waals surface area contributed by atoms with Crippen LogP contribution in [0.1, 0.15) is 32.1 Å². The van der Waals surface area contributed by atoms with Crippen LogP contribution in [-0.2, 0) is 19.6 Å². The Morgan fingerprint density at radius 1 is 1.24 bits per heavy atom. The Hall–Kier alpha value is -2.16. The summed E-state index contributed by atoms with van der Waals surface area (Å²) in [6.07, 6.45) is 7.96. The summed E-state index contributed by atoms with van der Waals surface area (Å²) in [5, 5.41) is 8.89. The number of carbonyl (C=O) groups excluding carboxylic acids is 1. The zero-order valence-electron chi connectivity index (χ0n) is 13.8. The summed E-state index contributed by atoms with van der Waals surface area (Å²) in [4.78, 5) is 27.1. The quantitative estimate of drug-likeness (QED) is 0.785. The van der Waals surface area contributed by atoms with Gasteiger partial charge in [-0.05, 0) is 37.8 Å². The summed E-state index contributed by atoms with van der Waals surface area (Å²) in [6, 6.07) is -0.0663. The molecule has 1 amide bonds. The molecule has 1 N–H and O–H groups in total. The van der Waals surface area contributed by atoms with Crippen LogP contribution in [0.4, 0.5) is 0 Å². The van der Waals surface area contributed by atoms with E-state index in [1.807, 2.05) is 0 Å². The molecule has 3 aliphatic rings. The summed E-state index contributed by atoms with van der Waals surface area (Å²) in [5.41, 5.74) is 0.473. The van der Waals surface area contributed by atoms with Crippen molar-refractivity contribution in [1.82, 2.24) is 9.80 Å². The van der Waals surface area contributed by atoms with Crippen molar-refractivity contribution in [2.75, 3.05) is 18.8 Å². The first-order valence-corrected chi connectivity index (χ1v) is 9.98. The highest BCUT2D eigenvalue weighted by molar-refractivity contribution is 7.90. The lowest BCUT2D eigenvalue weighted by Gasteiger charge is -2.37. The van der Waals surface area contributed by atoms with E-state index in [-0.39, 0.29) is 30.7 Å². The summed E-state index contributed by atoms with van der Waals surface area (Å²) in [5.74, 6) is -0.749. The molecule has 1 atom stereocenters. The summed E-state index contributed by atoms with van der Waals surface area (Å²) in [6.45, 7) is 0.883. The molecule has 0 radical (unpaired) electrons. The van der Waals surface area contributed by atoms with Crippen molar-refractivity contribution >= 4 is 27.7 Å². The Morgan fingerprint density at radius 2 is 2.04 bits per heavy atom. The molecule has 0 spiro atoms. The van der Waals surface area contributed by atoms with Crippen molar-refractivity contribution in [2.24, 2.45) is 4.40 Å². The molecule has 1 fully saturated rings. The summed E-state index contributed by atoms with van der Waals surface area (Å²) in [7, 11) is -3.42. The van der Waals surface area contributed by atoms with E-state index in [9.17, 15) is 18.0 Å². The van der Waals surface area contributed by atoms with Crippen LogP contribution >= 0.6 is 0 Å². The molecule has 25 heavy (non-hydrogen) atoms. The Labute approximate surface area is 146 Å². The number of fused-ring (bicyclic) bond motifs is 1. The fraction of sp³-hybridized carbons (Fsp3) is 0.562. The highest BCUT2D eigenvalue weighted by Crippen LogP contribution is 2.25. The smallest absolute Gasteiger partial charge is 0.303 e. The van der Waals surface area contributed by atoms with E-state index in [1.165, 1.54) is 0 Å². The number of piperidine rings is 1. The lowest BCUT2D eigenvalue weighted by molar-refractivity contribution is -0.139. The third kappa shape index (κ3) is 4.09. The van der Waals surface area contributed by atoms with Gasteiger partial charge in [-0.3, -0.25) is 9.59 Å².